The van der Waals surface area contributed by atoms with Gasteiger partial charge in [-0.25, -0.2) is 4.98 Å². The summed E-state index contributed by atoms with van der Waals surface area (Å²) in [5, 5.41) is 3.90. The van der Waals surface area contributed by atoms with Crippen molar-refractivity contribution in [2.75, 3.05) is 5.32 Å². The normalized spacial score (nSPS) is 14.4. The first kappa shape index (κ1) is 16.6. The highest BCUT2D eigenvalue weighted by Gasteiger charge is 2.21. The second-order valence-electron chi connectivity index (χ2n) is 6.38. The van der Waals surface area contributed by atoms with Gasteiger partial charge < -0.3 is 5.32 Å². The molecule has 1 fully saturated rings. The molecule has 1 N–H and O–H groups in total. The lowest BCUT2D eigenvalue weighted by Crippen LogP contribution is -2.02. The fraction of sp³-hybridized carbons (Fsp3) is 0.286. The minimum atomic E-state index is 0.567. The van der Waals surface area contributed by atoms with Crippen LogP contribution in [0.2, 0.25) is 5.02 Å². The summed E-state index contributed by atoms with van der Waals surface area (Å²) in [7, 11) is 0. The standard InChI is InChI=1S/C21H21ClN2/c1-4-15-9-10-17(11-20(15)22)24-21-12-18(16-7-5-6-8-16)19(13-23-21)14(2)3/h1,9-13,16H,2,5-8H2,3H3,(H,23,24). The molecule has 1 aliphatic rings. The van der Waals surface area contributed by atoms with Crippen LogP contribution in [0.15, 0.2) is 37.0 Å². The minimum Gasteiger partial charge on any atom is -0.340 e. The number of hydrogen-bond acceptors (Lipinski definition) is 2. The molecule has 1 aromatic carbocycles. The second kappa shape index (κ2) is 7.11. The van der Waals surface area contributed by atoms with E-state index in [0.29, 0.717) is 16.5 Å². The van der Waals surface area contributed by atoms with Crippen molar-refractivity contribution in [1.29, 1.82) is 0 Å². The average molecular weight is 337 g/mol. The number of rotatable bonds is 4. The van der Waals surface area contributed by atoms with E-state index in [4.69, 9.17) is 18.0 Å². The maximum Gasteiger partial charge on any atom is 0.130 e. The van der Waals surface area contributed by atoms with Crippen LogP contribution in [0.4, 0.5) is 11.5 Å². The number of benzene rings is 1. The monoisotopic (exact) mass is 336 g/mol. The molecule has 2 aromatic rings. The third-order valence-corrected chi connectivity index (χ3v) is 4.90. The van der Waals surface area contributed by atoms with Gasteiger partial charge in [0.05, 0.1) is 5.02 Å². The summed E-state index contributed by atoms with van der Waals surface area (Å²) in [6.45, 7) is 6.15. The van der Waals surface area contributed by atoms with Crippen molar-refractivity contribution < 1.29 is 0 Å². The van der Waals surface area contributed by atoms with Crippen molar-refractivity contribution in [1.82, 2.24) is 4.98 Å². The molecule has 0 bridgehead atoms. The molecule has 0 spiro atoms. The predicted octanol–water partition coefficient (Wildman–Crippen LogP) is 6.15. The van der Waals surface area contributed by atoms with Crippen LogP contribution in [-0.4, -0.2) is 4.98 Å². The Morgan fingerprint density at radius 1 is 1.33 bits per heavy atom. The quantitative estimate of drug-likeness (QED) is 0.677. The molecule has 0 atom stereocenters. The van der Waals surface area contributed by atoms with Gasteiger partial charge in [0, 0.05) is 17.4 Å². The van der Waals surface area contributed by atoms with Crippen molar-refractivity contribution in [3.8, 4) is 12.3 Å². The summed E-state index contributed by atoms with van der Waals surface area (Å²) in [5.74, 6) is 4.00. The summed E-state index contributed by atoms with van der Waals surface area (Å²) in [6.07, 6.45) is 12.4. The van der Waals surface area contributed by atoms with Crippen molar-refractivity contribution in [3.63, 3.8) is 0 Å². The van der Waals surface area contributed by atoms with Crippen LogP contribution in [0.1, 0.15) is 55.2 Å². The van der Waals surface area contributed by atoms with E-state index in [9.17, 15) is 0 Å². The van der Waals surface area contributed by atoms with Crippen LogP contribution >= 0.6 is 11.6 Å². The van der Waals surface area contributed by atoms with Gasteiger partial charge in [-0.3, -0.25) is 0 Å². The molecule has 1 aliphatic carbocycles. The van der Waals surface area contributed by atoms with Gasteiger partial charge in [-0.2, -0.15) is 0 Å². The van der Waals surface area contributed by atoms with E-state index in [1.54, 1.807) is 0 Å². The highest BCUT2D eigenvalue weighted by molar-refractivity contribution is 6.32. The lowest BCUT2D eigenvalue weighted by molar-refractivity contribution is 0.720. The number of pyridine rings is 1. The molecule has 1 saturated carbocycles. The van der Waals surface area contributed by atoms with Gasteiger partial charge in [0.2, 0.25) is 0 Å². The molecule has 1 aromatic heterocycles. The Kier molecular flexibility index (Phi) is 4.92. The molecule has 24 heavy (non-hydrogen) atoms. The molecular weight excluding hydrogens is 316 g/mol. The van der Waals surface area contributed by atoms with Gasteiger partial charge in [-0.1, -0.05) is 36.9 Å². The van der Waals surface area contributed by atoms with Crippen LogP contribution in [0, 0.1) is 12.3 Å². The van der Waals surface area contributed by atoms with Crippen molar-refractivity contribution >= 4 is 28.7 Å². The molecule has 0 unspecified atom stereocenters. The maximum absolute atomic E-state index is 6.18. The first-order chi connectivity index (χ1) is 11.6. The third-order valence-electron chi connectivity index (χ3n) is 4.59. The largest absolute Gasteiger partial charge is 0.340 e. The molecule has 3 rings (SSSR count). The summed E-state index contributed by atoms with van der Waals surface area (Å²) >= 11 is 6.18. The van der Waals surface area contributed by atoms with Gasteiger partial charge >= 0.3 is 0 Å². The fourth-order valence-electron chi connectivity index (χ4n) is 3.33. The van der Waals surface area contributed by atoms with E-state index in [2.05, 4.69) is 28.9 Å². The zero-order valence-corrected chi connectivity index (χ0v) is 14.7. The zero-order chi connectivity index (χ0) is 17.1. The number of halogens is 1. The summed E-state index contributed by atoms with van der Waals surface area (Å²) in [6, 6.07) is 7.75. The highest BCUT2D eigenvalue weighted by atomic mass is 35.5. The minimum absolute atomic E-state index is 0.567. The number of aromatic nitrogens is 1. The number of hydrogen-bond donors (Lipinski definition) is 1. The number of terminal acetylenes is 1. The molecule has 122 valence electrons. The Morgan fingerprint density at radius 2 is 2.08 bits per heavy atom. The molecule has 0 saturated heterocycles. The Hall–Kier alpha value is -2.24. The number of nitrogens with one attached hydrogen (secondary N) is 1. The molecule has 0 amide bonds. The molecule has 0 radical (unpaired) electrons. The molecule has 0 aliphatic heterocycles. The van der Waals surface area contributed by atoms with E-state index in [-0.39, 0.29) is 0 Å². The SMILES string of the molecule is C#Cc1ccc(Nc2cc(C3CCCC3)c(C(=C)C)cn2)cc1Cl. The lowest BCUT2D eigenvalue weighted by Gasteiger charge is -2.17. The number of nitrogens with zero attached hydrogens (tertiary/aromatic N) is 1. The van der Waals surface area contributed by atoms with Crippen molar-refractivity contribution in [2.45, 2.75) is 38.5 Å². The van der Waals surface area contributed by atoms with E-state index in [1.807, 2.05) is 31.3 Å². The Morgan fingerprint density at radius 3 is 2.71 bits per heavy atom. The van der Waals surface area contributed by atoms with Crippen LogP contribution in [0.25, 0.3) is 5.57 Å². The van der Waals surface area contributed by atoms with Crippen LogP contribution in [-0.2, 0) is 0 Å². The smallest absolute Gasteiger partial charge is 0.130 e. The van der Waals surface area contributed by atoms with Gasteiger partial charge in [0.15, 0.2) is 0 Å². The Balaban J connectivity index is 1.91. The van der Waals surface area contributed by atoms with Crippen LogP contribution in [0.3, 0.4) is 0 Å². The van der Waals surface area contributed by atoms with Gasteiger partial charge in [0.1, 0.15) is 5.82 Å². The van der Waals surface area contributed by atoms with Crippen LogP contribution in [0.5, 0.6) is 0 Å². The predicted molar refractivity (Wildman–Crippen MR) is 103 cm³/mol. The summed E-state index contributed by atoms with van der Waals surface area (Å²) in [4.78, 5) is 4.54. The first-order valence-corrected chi connectivity index (χ1v) is 8.65. The fourth-order valence-corrected chi connectivity index (χ4v) is 3.56. The average Bonchev–Trinajstić information content (AvgIpc) is 3.09. The van der Waals surface area contributed by atoms with E-state index >= 15 is 0 Å². The third kappa shape index (κ3) is 3.47. The summed E-state index contributed by atoms with van der Waals surface area (Å²) in [5.41, 5.74) is 5.17. The molecule has 3 heteroatoms. The first-order valence-electron chi connectivity index (χ1n) is 8.27. The highest BCUT2D eigenvalue weighted by Crippen LogP contribution is 2.38. The Labute approximate surface area is 149 Å². The van der Waals surface area contributed by atoms with Crippen molar-refractivity contribution in [3.05, 3.63) is 58.8 Å². The molecule has 2 nitrogen and oxygen atoms in total. The van der Waals surface area contributed by atoms with Gasteiger partial charge in [-0.05, 0) is 66.6 Å². The maximum atomic E-state index is 6.18. The lowest BCUT2D eigenvalue weighted by atomic mass is 9.91. The second-order valence-corrected chi connectivity index (χ2v) is 6.79. The van der Waals surface area contributed by atoms with E-state index < -0.39 is 0 Å². The van der Waals surface area contributed by atoms with Crippen LogP contribution < -0.4 is 5.32 Å². The Bertz CT molecular complexity index is 811. The van der Waals surface area contributed by atoms with E-state index in [1.165, 1.54) is 36.8 Å². The summed E-state index contributed by atoms with van der Waals surface area (Å²) < 4.78 is 0. The van der Waals surface area contributed by atoms with Gasteiger partial charge in [0.25, 0.3) is 0 Å². The molecular formula is C21H21ClN2. The number of anilines is 2. The molecule has 1 heterocycles. The van der Waals surface area contributed by atoms with E-state index in [0.717, 1.165) is 17.1 Å². The zero-order valence-electron chi connectivity index (χ0n) is 13.9. The van der Waals surface area contributed by atoms with Crippen molar-refractivity contribution in [2.24, 2.45) is 0 Å². The number of allylic oxidation sites excluding steroid dienone is 1. The van der Waals surface area contributed by atoms with Gasteiger partial charge in [-0.15, -0.1) is 6.42 Å². The topological polar surface area (TPSA) is 24.9 Å².